The van der Waals surface area contributed by atoms with E-state index in [1.807, 2.05) is 30.5 Å². The van der Waals surface area contributed by atoms with Gasteiger partial charge in [0, 0.05) is 18.3 Å². The number of fused-ring (bicyclic) bond motifs is 1. The Kier molecular flexibility index (Phi) is 2.79. The second-order valence-electron chi connectivity index (χ2n) is 4.07. The van der Waals surface area contributed by atoms with Gasteiger partial charge in [-0.3, -0.25) is 0 Å². The molecule has 0 saturated carbocycles. The molecular formula is C13H12ClN3. The summed E-state index contributed by atoms with van der Waals surface area (Å²) in [6.45, 7) is 1.82. The summed E-state index contributed by atoms with van der Waals surface area (Å²) in [5.41, 5.74) is 3.21. The molecule has 3 rings (SSSR count). The fourth-order valence-electron chi connectivity index (χ4n) is 2.01. The lowest BCUT2D eigenvalue weighted by Gasteiger charge is -2.16. The van der Waals surface area contributed by atoms with E-state index >= 15 is 0 Å². The summed E-state index contributed by atoms with van der Waals surface area (Å²) < 4.78 is 0. The van der Waals surface area contributed by atoms with Gasteiger partial charge in [-0.1, -0.05) is 23.7 Å². The lowest BCUT2D eigenvalue weighted by Crippen LogP contribution is -2.25. The zero-order valence-corrected chi connectivity index (χ0v) is 10.0. The Labute approximate surface area is 105 Å². The van der Waals surface area contributed by atoms with Gasteiger partial charge in [0.05, 0.1) is 10.7 Å². The number of aromatic nitrogens is 2. The van der Waals surface area contributed by atoms with Crippen molar-refractivity contribution in [3.8, 4) is 11.4 Å². The molecule has 2 heterocycles. The topological polar surface area (TPSA) is 37.8 Å². The van der Waals surface area contributed by atoms with Gasteiger partial charge in [0.25, 0.3) is 0 Å². The van der Waals surface area contributed by atoms with Crippen molar-refractivity contribution in [2.75, 3.05) is 6.54 Å². The standard InChI is InChI=1S/C13H12ClN3/c14-11-4-2-1-3-10(11)13-16-7-9-5-6-15-8-12(9)17-13/h1-4,7,15H,5-6,8H2. The normalized spacial score (nSPS) is 14.4. The van der Waals surface area contributed by atoms with Crippen LogP contribution >= 0.6 is 11.6 Å². The average Bonchev–Trinajstić information content (AvgIpc) is 2.39. The predicted octanol–water partition coefficient (Wildman–Crippen LogP) is 2.44. The van der Waals surface area contributed by atoms with E-state index in [-0.39, 0.29) is 0 Å². The van der Waals surface area contributed by atoms with E-state index in [1.54, 1.807) is 0 Å². The Morgan fingerprint density at radius 3 is 3.00 bits per heavy atom. The third-order valence-corrected chi connectivity index (χ3v) is 3.26. The molecule has 17 heavy (non-hydrogen) atoms. The largest absolute Gasteiger partial charge is 0.311 e. The highest BCUT2D eigenvalue weighted by Gasteiger charge is 2.13. The Morgan fingerprint density at radius 2 is 2.12 bits per heavy atom. The summed E-state index contributed by atoms with van der Waals surface area (Å²) in [5.74, 6) is 0.707. The van der Waals surface area contributed by atoms with Gasteiger partial charge < -0.3 is 5.32 Å². The second-order valence-corrected chi connectivity index (χ2v) is 4.48. The minimum atomic E-state index is 0.691. The molecular weight excluding hydrogens is 234 g/mol. The first kappa shape index (κ1) is 10.7. The molecule has 2 aromatic rings. The molecule has 3 nitrogen and oxygen atoms in total. The Balaban J connectivity index is 2.07. The quantitative estimate of drug-likeness (QED) is 0.839. The zero-order valence-electron chi connectivity index (χ0n) is 9.28. The molecule has 1 aromatic carbocycles. The molecule has 0 unspecified atom stereocenters. The van der Waals surface area contributed by atoms with Crippen LogP contribution in [0.4, 0.5) is 0 Å². The van der Waals surface area contributed by atoms with Crippen molar-refractivity contribution in [1.82, 2.24) is 15.3 Å². The monoisotopic (exact) mass is 245 g/mol. The van der Waals surface area contributed by atoms with E-state index in [2.05, 4.69) is 15.3 Å². The van der Waals surface area contributed by atoms with Crippen molar-refractivity contribution in [2.45, 2.75) is 13.0 Å². The van der Waals surface area contributed by atoms with Crippen LogP contribution in [0, 0.1) is 0 Å². The Hall–Kier alpha value is -1.45. The first-order valence-electron chi connectivity index (χ1n) is 5.65. The highest BCUT2D eigenvalue weighted by atomic mass is 35.5. The van der Waals surface area contributed by atoms with Gasteiger partial charge in [0.1, 0.15) is 0 Å². The van der Waals surface area contributed by atoms with Crippen LogP contribution in [-0.4, -0.2) is 16.5 Å². The average molecular weight is 246 g/mol. The van der Waals surface area contributed by atoms with Gasteiger partial charge >= 0.3 is 0 Å². The Morgan fingerprint density at radius 1 is 1.24 bits per heavy atom. The maximum Gasteiger partial charge on any atom is 0.160 e. The van der Waals surface area contributed by atoms with Crippen LogP contribution in [-0.2, 0) is 13.0 Å². The van der Waals surface area contributed by atoms with E-state index in [0.29, 0.717) is 10.8 Å². The van der Waals surface area contributed by atoms with Crippen molar-refractivity contribution in [2.24, 2.45) is 0 Å². The van der Waals surface area contributed by atoms with E-state index in [4.69, 9.17) is 11.6 Å². The van der Waals surface area contributed by atoms with Crippen LogP contribution in [0.2, 0.25) is 5.02 Å². The van der Waals surface area contributed by atoms with Gasteiger partial charge in [0.2, 0.25) is 0 Å². The molecule has 0 saturated heterocycles. The van der Waals surface area contributed by atoms with Crippen LogP contribution in [0.3, 0.4) is 0 Å². The minimum absolute atomic E-state index is 0.691. The molecule has 0 aliphatic carbocycles. The number of rotatable bonds is 1. The number of halogens is 1. The molecule has 1 aromatic heterocycles. The van der Waals surface area contributed by atoms with Crippen LogP contribution in [0.25, 0.3) is 11.4 Å². The van der Waals surface area contributed by atoms with E-state index in [0.717, 1.165) is 30.8 Å². The number of nitrogens with zero attached hydrogens (tertiary/aromatic N) is 2. The van der Waals surface area contributed by atoms with Gasteiger partial charge in [-0.2, -0.15) is 0 Å². The number of hydrogen-bond donors (Lipinski definition) is 1. The maximum absolute atomic E-state index is 6.15. The molecule has 1 N–H and O–H groups in total. The maximum atomic E-state index is 6.15. The SMILES string of the molecule is Clc1ccccc1-c1ncc2c(n1)CNCC2. The van der Waals surface area contributed by atoms with Crippen molar-refractivity contribution in [3.05, 3.63) is 46.7 Å². The van der Waals surface area contributed by atoms with E-state index in [1.165, 1.54) is 5.56 Å². The first-order valence-corrected chi connectivity index (χ1v) is 6.03. The van der Waals surface area contributed by atoms with Gasteiger partial charge in [-0.25, -0.2) is 9.97 Å². The second kappa shape index (κ2) is 4.43. The summed E-state index contributed by atoms with van der Waals surface area (Å²) in [7, 11) is 0. The molecule has 1 aliphatic heterocycles. The van der Waals surface area contributed by atoms with E-state index < -0.39 is 0 Å². The number of nitrogens with one attached hydrogen (secondary N) is 1. The number of benzene rings is 1. The van der Waals surface area contributed by atoms with Crippen molar-refractivity contribution >= 4 is 11.6 Å². The summed E-state index contributed by atoms with van der Waals surface area (Å²) >= 11 is 6.15. The molecule has 4 heteroatoms. The van der Waals surface area contributed by atoms with Gasteiger partial charge in [-0.05, 0) is 30.7 Å². The van der Waals surface area contributed by atoms with E-state index in [9.17, 15) is 0 Å². The molecule has 0 bridgehead atoms. The fourth-order valence-corrected chi connectivity index (χ4v) is 2.23. The molecule has 86 valence electrons. The summed E-state index contributed by atoms with van der Waals surface area (Å²) in [5, 5.41) is 4.00. The molecule has 0 radical (unpaired) electrons. The van der Waals surface area contributed by atoms with Crippen LogP contribution < -0.4 is 5.32 Å². The molecule has 0 atom stereocenters. The molecule has 1 aliphatic rings. The molecule has 0 fully saturated rings. The highest BCUT2D eigenvalue weighted by Crippen LogP contribution is 2.25. The molecule has 0 spiro atoms. The first-order chi connectivity index (χ1) is 8.34. The highest BCUT2D eigenvalue weighted by molar-refractivity contribution is 6.33. The van der Waals surface area contributed by atoms with Crippen molar-refractivity contribution in [3.63, 3.8) is 0 Å². The predicted molar refractivity (Wildman–Crippen MR) is 67.9 cm³/mol. The Bertz CT molecular complexity index is 554. The van der Waals surface area contributed by atoms with Crippen molar-refractivity contribution < 1.29 is 0 Å². The fraction of sp³-hybridized carbons (Fsp3) is 0.231. The zero-order chi connectivity index (χ0) is 11.7. The number of hydrogen-bond acceptors (Lipinski definition) is 3. The summed E-state index contributed by atoms with van der Waals surface area (Å²) in [6, 6.07) is 7.66. The third-order valence-electron chi connectivity index (χ3n) is 2.93. The van der Waals surface area contributed by atoms with Crippen LogP contribution in [0.1, 0.15) is 11.3 Å². The van der Waals surface area contributed by atoms with Crippen LogP contribution in [0.5, 0.6) is 0 Å². The van der Waals surface area contributed by atoms with Crippen molar-refractivity contribution in [1.29, 1.82) is 0 Å². The smallest absolute Gasteiger partial charge is 0.160 e. The summed E-state index contributed by atoms with van der Waals surface area (Å²) in [4.78, 5) is 8.99. The van der Waals surface area contributed by atoms with Crippen LogP contribution in [0.15, 0.2) is 30.5 Å². The molecule has 0 amide bonds. The van der Waals surface area contributed by atoms with Gasteiger partial charge in [0.15, 0.2) is 5.82 Å². The lowest BCUT2D eigenvalue weighted by atomic mass is 10.1. The third kappa shape index (κ3) is 2.04. The summed E-state index contributed by atoms with van der Waals surface area (Å²) in [6.07, 6.45) is 2.92. The van der Waals surface area contributed by atoms with Gasteiger partial charge in [-0.15, -0.1) is 0 Å². The lowest BCUT2D eigenvalue weighted by molar-refractivity contribution is 0.624. The minimum Gasteiger partial charge on any atom is -0.311 e.